The van der Waals surface area contributed by atoms with Crippen molar-refractivity contribution < 1.29 is 13.2 Å². The molecule has 19 heavy (non-hydrogen) atoms. The second-order valence-electron chi connectivity index (χ2n) is 6.71. The highest BCUT2D eigenvalue weighted by Gasteiger charge is 2.45. The number of rotatable bonds is 2. The average Bonchev–Trinajstić information content (AvgIpc) is 3.12. The summed E-state index contributed by atoms with van der Waals surface area (Å²) in [7, 11) is -2.87. The van der Waals surface area contributed by atoms with Crippen molar-refractivity contribution in [1.29, 1.82) is 0 Å². The van der Waals surface area contributed by atoms with E-state index in [-0.39, 0.29) is 23.3 Å². The number of sulfone groups is 1. The van der Waals surface area contributed by atoms with E-state index in [2.05, 4.69) is 5.32 Å². The van der Waals surface area contributed by atoms with E-state index in [1.165, 1.54) is 25.7 Å². The van der Waals surface area contributed by atoms with E-state index >= 15 is 0 Å². The molecule has 4 nitrogen and oxygen atoms in total. The lowest BCUT2D eigenvalue weighted by atomic mass is 9.83. The number of amides is 1. The summed E-state index contributed by atoms with van der Waals surface area (Å²) in [6.45, 7) is 0. The van der Waals surface area contributed by atoms with Gasteiger partial charge < -0.3 is 5.32 Å². The van der Waals surface area contributed by atoms with Crippen LogP contribution in [-0.4, -0.2) is 31.9 Å². The van der Waals surface area contributed by atoms with Crippen molar-refractivity contribution >= 4 is 15.7 Å². The molecule has 2 saturated carbocycles. The highest BCUT2D eigenvalue weighted by Crippen LogP contribution is 2.56. The van der Waals surface area contributed by atoms with Crippen molar-refractivity contribution in [3.8, 4) is 0 Å². The Morgan fingerprint density at radius 2 is 1.53 bits per heavy atom. The largest absolute Gasteiger partial charge is 0.353 e. The van der Waals surface area contributed by atoms with Crippen LogP contribution in [0.25, 0.3) is 0 Å². The third-order valence-corrected chi connectivity index (χ3v) is 6.99. The third kappa shape index (κ3) is 3.12. The minimum absolute atomic E-state index is 0.0830. The smallest absolute Gasteiger partial charge is 0.223 e. The lowest BCUT2D eigenvalue weighted by Gasteiger charge is -2.31. The SMILES string of the molecule is O=C(NC1CCC2(CC1)CC2)C1CCS(=O)(=O)CC1. The van der Waals surface area contributed by atoms with Gasteiger partial charge in [0, 0.05) is 12.0 Å². The minimum atomic E-state index is -2.87. The molecule has 0 aromatic carbocycles. The summed E-state index contributed by atoms with van der Waals surface area (Å²) in [6, 6.07) is 0.331. The molecule has 1 aliphatic heterocycles. The molecule has 1 saturated heterocycles. The predicted octanol–water partition coefficient (Wildman–Crippen LogP) is 1.65. The number of hydrogen-bond donors (Lipinski definition) is 1. The first-order valence-corrected chi connectivity index (χ1v) is 9.31. The van der Waals surface area contributed by atoms with Gasteiger partial charge in [-0.2, -0.15) is 0 Å². The van der Waals surface area contributed by atoms with Crippen molar-refractivity contribution in [2.45, 2.75) is 57.4 Å². The van der Waals surface area contributed by atoms with E-state index in [4.69, 9.17) is 0 Å². The quantitative estimate of drug-likeness (QED) is 0.839. The molecule has 108 valence electrons. The van der Waals surface area contributed by atoms with Gasteiger partial charge in [-0.1, -0.05) is 0 Å². The van der Waals surface area contributed by atoms with Crippen LogP contribution in [-0.2, 0) is 14.6 Å². The zero-order chi connectivity index (χ0) is 13.5. The van der Waals surface area contributed by atoms with Crippen molar-refractivity contribution in [2.75, 3.05) is 11.5 Å². The summed E-state index contributed by atoms with van der Waals surface area (Å²) in [5.41, 5.74) is 0.653. The van der Waals surface area contributed by atoms with E-state index in [0.717, 1.165) is 12.8 Å². The standard InChI is InChI=1S/C14H23NO3S/c16-13(11-3-9-19(17,18)10-4-11)15-12-1-5-14(6-2-12)7-8-14/h11-12H,1-10H2,(H,15,16). The Hall–Kier alpha value is -0.580. The van der Waals surface area contributed by atoms with Crippen LogP contribution in [0.1, 0.15) is 51.4 Å². The van der Waals surface area contributed by atoms with Crippen molar-refractivity contribution in [1.82, 2.24) is 5.32 Å². The van der Waals surface area contributed by atoms with E-state index in [0.29, 0.717) is 24.3 Å². The molecule has 2 aliphatic carbocycles. The van der Waals surface area contributed by atoms with Crippen LogP contribution in [0, 0.1) is 11.3 Å². The molecule has 3 aliphatic rings. The summed E-state index contributed by atoms with van der Waals surface area (Å²) in [5, 5.41) is 3.15. The number of hydrogen-bond acceptors (Lipinski definition) is 3. The van der Waals surface area contributed by atoms with E-state index in [1.54, 1.807) is 0 Å². The zero-order valence-corrected chi connectivity index (χ0v) is 12.2. The third-order valence-electron chi connectivity index (χ3n) is 5.28. The number of carbonyl (C=O) groups is 1. The van der Waals surface area contributed by atoms with Gasteiger partial charge in [-0.05, 0) is 56.8 Å². The topological polar surface area (TPSA) is 63.2 Å². The lowest BCUT2D eigenvalue weighted by Crippen LogP contribution is -2.43. The van der Waals surface area contributed by atoms with Gasteiger partial charge >= 0.3 is 0 Å². The Bertz CT molecular complexity index is 443. The van der Waals surface area contributed by atoms with Crippen LogP contribution < -0.4 is 5.32 Å². The molecule has 0 unspecified atom stereocenters. The van der Waals surface area contributed by atoms with Crippen LogP contribution in [0.3, 0.4) is 0 Å². The van der Waals surface area contributed by atoms with Gasteiger partial charge in [0.1, 0.15) is 9.84 Å². The second kappa shape index (κ2) is 4.76. The van der Waals surface area contributed by atoms with Gasteiger partial charge in [-0.15, -0.1) is 0 Å². The Balaban J connectivity index is 1.46. The van der Waals surface area contributed by atoms with Crippen molar-refractivity contribution in [3.05, 3.63) is 0 Å². The summed E-state index contributed by atoms with van der Waals surface area (Å²) in [5.74, 6) is 0.365. The van der Waals surface area contributed by atoms with E-state index in [9.17, 15) is 13.2 Å². The Morgan fingerprint density at radius 3 is 2.05 bits per heavy atom. The summed E-state index contributed by atoms with van der Waals surface area (Å²) >= 11 is 0. The first-order valence-electron chi connectivity index (χ1n) is 7.49. The molecule has 0 bridgehead atoms. The van der Waals surface area contributed by atoms with Gasteiger partial charge in [0.2, 0.25) is 5.91 Å². The molecular formula is C14H23NO3S. The second-order valence-corrected chi connectivity index (χ2v) is 9.01. The van der Waals surface area contributed by atoms with Crippen molar-refractivity contribution in [3.63, 3.8) is 0 Å². The van der Waals surface area contributed by atoms with Gasteiger partial charge in [0.15, 0.2) is 0 Å². The Labute approximate surface area is 115 Å². The molecule has 0 aromatic rings. The molecule has 1 spiro atoms. The fourth-order valence-electron chi connectivity index (χ4n) is 3.52. The fourth-order valence-corrected chi connectivity index (χ4v) is 5.01. The van der Waals surface area contributed by atoms with E-state index in [1.807, 2.05) is 0 Å². The predicted molar refractivity (Wildman–Crippen MR) is 73.4 cm³/mol. The summed E-state index contributed by atoms with van der Waals surface area (Å²) in [6.07, 6.45) is 8.51. The summed E-state index contributed by atoms with van der Waals surface area (Å²) < 4.78 is 22.7. The maximum absolute atomic E-state index is 12.1. The van der Waals surface area contributed by atoms with Crippen LogP contribution in [0.4, 0.5) is 0 Å². The maximum atomic E-state index is 12.1. The Kier molecular flexibility index (Phi) is 3.36. The highest BCUT2D eigenvalue weighted by molar-refractivity contribution is 7.91. The fraction of sp³-hybridized carbons (Fsp3) is 0.929. The number of nitrogens with one attached hydrogen (secondary N) is 1. The van der Waals surface area contributed by atoms with Crippen LogP contribution >= 0.6 is 0 Å². The maximum Gasteiger partial charge on any atom is 0.223 e. The summed E-state index contributed by atoms with van der Waals surface area (Å²) in [4.78, 5) is 12.1. The Morgan fingerprint density at radius 1 is 0.947 bits per heavy atom. The normalized spacial score (nSPS) is 30.1. The molecule has 5 heteroatoms. The molecule has 0 radical (unpaired) electrons. The van der Waals surface area contributed by atoms with Crippen LogP contribution in [0.15, 0.2) is 0 Å². The van der Waals surface area contributed by atoms with Crippen molar-refractivity contribution in [2.24, 2.45) is 11.3 Å². The molecule has 1 amide bonds. The van der Waals surface area contributed by atoms with Crippen LogP contribution in [0.5, 0.6) is 0 Å². The molecule has 1 heterocycles. The first kappa shape index (κ1) is 13.4. The molecular weight excluding hydrogens is 262 g/mol. The first-order chi connectivity index (χ1) is 8.98. The monoisotopic (exact) mass is 285 g/mol. The zero-order valence-electron chi connectivity index (χ0n) is 11.4. The van der Waals surface area contributed by atoms with Gasteiger partial charge in [0.05, 0.1) is 11.5 Å². The molecule has 0 aromatic heterocycles. The van der Waals surface area contributed by atoms with Crippen LogP contribution in [0.2, 0.25) is 0 Å². The lowest BCUT2D eigenvalue weighted by molar-refractivity contribution is -0.126. The highest BCUT2D eigenvalue weighted by atomic mass is 32.2. The molecule has 0 atom stereocenters. The van der Waals surface area contributed by atoms with E-state index < -0.39 is 9.84 Å². The van der Waals surface area contributed by atoms with Gasteiger partial charge in [-0.25, -0.2) is 8.42 Å². The van der Waals surface area contributed by atoms with Gasteiger partial charge in [0.25, 0.3) is 0 Å². The average molecular weight is 285 g/mol. The minimum Gasteiger partial charge on any atom is -0.353 e. The molecule has 1 N–H and O–H groups in total. The molecule has 3 fully saturated rings. The van der Waals surface area contributed by atoms with Gasteiger partial charge in [-0.3, -0.25) is 4.79 Å². The number of carbonyl (C=O) groups excluding carboxylic acids is 1. The molecule has 3 rings (SSSR count).